The van der Waals surface area contributed by atoms with Crippen LogP contribution >= 0.6 is 0 Å². The van der Waals surface area contributed by atoms with Crippen LogP contribution in [-0.2, 0) is 11.2 Å². The number of nitrogens with zero attached hydrogens (tertiary/aromatic N) is 1. The van der Waals surface area contributed by atoms with E-state index in [9.17, 15) is 9.90 Å². The van der Waals surface area contributed by atoms with Crippen molar-refractivity contribution in [3.8, 4) is 0 Å². The molecule has 0 aromatic heterocycles. The smallest absolute Gasteiger partial charge is 0.308 e. The van der Waals surface area contributed by atoms with Crippen LogP contribution < -0.4 is 0 Å². The Balaban J connectivity index is 2.06. The highest BCUT2D eigenvalue weighted by molar-refractivity contribution is 5.71. The highest BCUT2D eigenvalue weighted by atomic mass is 16.4. The van der Waals surface area contributed by atoms with E-state index in [1.807, 2.05) is 6.92 Å². The number of hydrogen-bond acceptors (Lipinski definition) is 2. The van der Waals surface area contributed by atoms with Gasteiger partial charge in [0.05, 0.1) is 5.92 Å². The molecule has 21 heavy (non-hydrogen) atoms. The van der Waals surface area contributed by atoms with E-state index in [1.54, 1.807) is 0 Å². The number of aliphatic carboxylic acids is 1. The Labute approximate surface area is 128 Å². The SMILES string of the molecule is CC(C)Cc1ccc(C(C)N2CCC(C(=O)O)C2C)cc1. The van der Waals surface area contributed by atoms with Gasteiger partial charge < -0.3 is 5.11 Å². The van der Waals surface area contributed by atoms with Crippen LogP contribution in [0.4, 0.5) is 0 Å². The van der Waals surface area contributed by atoms with Crippen LogP contribution in [0.2, 0.25) is 0 Å². The zero-order valence-electron chi connectivity index (χ0n) is 13.5. The number of carboxylic acids is 1. The van der Waals surface area contributed by atoms with Gasteiger partial charge in [-0.05, 0) is 50.3 Å². The second-order valence-electron chi connectivity index (χ2n) is 6.73. The van der Waals surface area contributed by atoms with Crippen molar-refractivity contribution in [2.75, 3.05) is 6.54 Å². The predicted octanol–water partition coefficient (Wildman–Crippen LogP) is 3.74. The summed E-state index contributed by atoms with van der Waals surface area (Å²) in [5.41, 5.74) is 2.65. The minimum Gasteiger partial charge on any atom is -0.481 e. The maximum Gasteiger partial charge on any atom is 0.308 e. The summed E-state index contributed by atoms with van der Waals surface area (Å²) in [6.07, 6.45) is 1.86. The van der Waals surface area contributed by atoms with Gasteiger partial charge in [0, 0.05) is 12.1 Å². The van der Waals surface area contributed by atoms with Crippen LogP contribution in [0, 0.1) is 11.8 Å². The molecule has 0 spiro atoms. The van der Waals surface area contributed by atoms with Gasteiger partial charge in [-0.3, -0.25) is 9.69 Å². The third kappa shape index (κ3) is 3.65. The second kappa shape index (κ2) is 6.61. The Morgan fingerprint density at radius 1 is 1.29 bits per heavy atom. The first kappa shape index (κ1) is 16.0. The summed E-state index contributed by atoms with van der Waals surface area (Å²) in [6, 6.07) is 9.19. The third-order valence-corrected chi connectivity index (χ3v) is 4.72. The zero-order valence-corrected chi connectivity index (χ0v) is 13.5. The molecule has 0 saturated carbocycles. The molecule has 0 bridgehead atoms. The van der Waals surface area contributed by atoms with Crippen molar-refractivity contribution in [3.05, 3.63) is 35.4 Å². The maximum absolute atomic E-state index is 11.2. The lowest BCUT2D eigenvalue weighted by Crippen LogP contribution is -2.34. The zero-order chi connectivity index (χ0) is 15.6. The first-order chi connectivity index (χ1) is 9.90. The predicted molar refractivity (Wildman–Crippen MR) is 85.3 cm³/mol. The van der Waals surface area contributed by atoms with E-state index < -0.39 is 5.97 Å². The molecule has 1 fully saturated rings. The van der Waals surface area contributed by atoms with Gasteiger partial charge in [0.25, 0.3) is 0 Å². The summed E-state index contributed by atoms with van der Waals surface area (Å²) in [5, 5.41) is 9.25. The highest BCUT2D eigenvalue weighted by Gasteiger charge is 2.37. The minimum absolute atomic E-state index is 0.104. The number of rotatable bonds is 5. The fourth-order valence-corrected chi connectivity index (χ4v) is 3.44. The number of carboxylic acid groups (broad SMARTS) is 1. The van der Waals surface area contributed by atoms with E-state index >= 15 is 0 Å². The fourth-order valence-electron chi connectivity index (χ4n) is 3.44. The molecule has 3 unspecified atom stereocenters. The third-order valence-electron chi connectivity index (χ3n) is 4.72. The first-order valence-electron chi connectivity index (χ1n) is 7.97. The topological polar surface area (TPSA) is 40.5 Å². The van der Waals surface area contributed by atoms with Crippen molar-refractivity contribution in [2.24, 2.45) is 11.8 Å². The Morgan fingerprint density at radius 3 is 2.38 bits per heavy atom. The summed E-state index contributed by atoms with van der Waals surface area (Å²) in [7, 11) is 0. The fraction of sp³-hybridized carbons (Fsp3) is 0.611. The van der Waals surface area contributed by atoms with Crippen LogP contribution in [0.3, 0.4) is 0 Å². The van der Waals surface area contributed by atoms with Crippen LogP contribution in [0.5, 0.6) is 0 Å². The molecule has 2 rings (SSSR count). The van der Waals surface area contributed by atoms with Gasteiger partial charge in [-0.2, -0.15) is 0 Å². The van der Waals surface area contributed by atoms with Crippen molar-refractivity contribution in [3.63, 3.8) is 0 Å². The lowest BCUT2D eigenvalue weighted by atomic mass is 9.98. The molecule has 1 aromatic rings. The molecule has 1 aliphatic rings. The highest BCUT2D eigenvalue weighted by Crippen LogP contribution is 2.32. The molecule has 1 saturated heterocycles. The van der Waals surface area contributed by atoms with Crippen LogP contribution in [0.25, 0.3) is 0 Å². The van der Waals surface area contributed by atoms with Crippen molar-refractivity contribution in [1.29, 1.82) is 0 Å². The molecule has 1 heterocycles. The molecular weight excluding hydrogens is 262 g/mol. The largest absolute Gasteiger partial charge is 0.481 e. The number of hydrogen-bond donors (Lipinski definition) is 1. The molecule has 0 aliphatic carbocycles. The number of carbonyl (C=O) groups is 1. The quantitative estimate of drug-likeness (QED) is 0.897. The average molecular weight is 289 g/mol. The molecule has 1 aromatic carbocycles. The lowest BCUT2D eigenvalue weighted by Gasteiger charge is -2.30. The molecular formula is C18H27NO2. The molecule has 3 nitrogen and oxygen atoms in total. The van der Waals surface area contributed by atoms with Crippen molar-refractivity contribution >= 4 is 5.97 Å². The van der Waals surface area contributed by atoms with E-state index in [-0.39, 0.29) is 18.0 Å². The second-order valence-corrected chi connectivity index (χ2v) is 6.73. The first-order valence-corrected chi connectivity index (χ1v) is 7.97. The van der Waals surface area contributed by atoms with E-state index in [1.165, 1.54) is 11.1 Å². The van der Waals surface area contributed by atoms with Gasteiger partial charge in [0.2, 0.25) is 0 Å². The molecule has 0 amide bonds. The standard InChI is InChI=1S/C18H27NO2/c1-12(2)11-15-5-7-16(8-6-15)13(3)19-10-9-17(14(19)4)18(20)21/h5-8,12-14,17H,9-11H2,1-4H3,(H,20,21). The van der Waals surface area contributed by atoms with Gasteiger partial charge in [-0.15, -0.1) is 0 Å². The van der Waals surface area contributed by atoms with Crippen LogP contribution in [0.1, 0.15) is 51.3 Å². The Hall–Kier alpha value is -1.35. The van der Waals surface area contributed by atoms with E-state index in [0.29, 0.717) is 5.92 Å². The van der Waals surface area contributed by atoms with Crippen LogP contribution in [-0.4, -0.2) is 28.6 Å². The van der Waals surface area contributed by atoms with Crippen molar-refractivity contribution < 1.29 is 9.90 Å². The van der Waals surface area contributed by atoms with E-state index in [0.717, 1.165) is 19.4 Å². The van der Waals surface area contributed by atoms with Gasteiger partial charge in [0.15, 0.2) is 0 Å². The Bertz CT molecular complexity index is 480. The molecule has 1 N–H and O–H groups in total. The summed E-state index contributed by atoms with van der Waals surface area (Å²) in [5.74, 6) is -0.222. The Morgan fingerprint density at radius 2 is 1.90 bits per heavy atom. The minimum atomic E-state index is -0.663. The Kier molecular flexibility index (Phi) is 5.04. The molecule has 0 radical (unpaired) electrons. The molecule has 1 aliphatic heterocycles. The maximum atomic E-state index is 11.2. The van der Waals surface area contributed by atoms with Gasteiger partial charge in [-0.1, -0.05) is 38.1 Å². The monoisotopic (exact) mass is 289 g/mol. The average Bonchev–Trinajstić information content (AvgIpc) is 2.80. The van der Waals surface area contributed by atoms with Gasteiger partial charge in [0.1, 0.15) is 0 Å². The molecule has 116 valence electrons. The number of benzene rings is 1. The summed E-state index contributed by atoms with van der Waals surface area (Å²) >= 11 is 0. The summed E-state index contributed by atoms with van der Waals surface area (Å²) < 4.78 is 0. The molecule has 3 heteroatoms. The summed E-state index contributed by atoms with van der Waals surface area (Å²) in [4.78, 5) is 13.6. The van der Waals surface area contributed by atoms with E-state index in [4.69, 9.17) is 0 Å². The van der Waals surface area contributed by atoms with Crippen molar-refractivity contribution in [1.82, 2.24) is 4.90 Å². The molecule has 3 atom stereocenters. The van der Waals surface area contributed by atoms with Gasteiger partial charge >= 0.3 is 5.97 Å². The lowest BCUT2D eigenvalue weighted by molar-refractivity contribution is -0.142. The normalized spacial score (nSPS) is 24.4. The number of likely N-dealkylation sites (tertiary alicyclic amines) is 1. The van der Waals surface area contributed by atoms with Crippen molar-refractivity contribution in [2.45, 2.75) is 52.6 Å². The van der Waals surface area contributed by atoms with Gasteiger partial charge in [-0.25, -0.2) is 0 Å². The summed E-state index contributed by atoms with van der Waals surface area (Å²) in [6.45, 7) is 9.55. The van der Waals surface area contributed by atoms with E-state index in [2.05, 4.69) is 49.9 Å². The van der Waals surface area contributed by atoms with Crippen LogP contribution in [0.15, 0.2) is 24.3 Å².